The minimum atomic E-state index is -0.715. The standard InChI is InChI=1S/C14H19NO3S/c1-11(10-18-19-3)9-12-5-4-6-13(15-12)14(2)16-7-8-17-14/h4-6,9H,7-8,10H2,1-3H3/b11-9+. The Hall–Kier alpha value is -0.880. The normalized spacial score (nSPS) is 18.8. The molecule has 0 aliphatic carbocycles. The summed E-state index contributed by atoms with van der Waals surface area (Å²) in [5.74, 6) is -0.715. The van der Waals surface area contributed by atoms with Crippen LogP contribution in [-0.2, 0) is 19.4 Å². The van der Waals surface area contributed by atoms with Gasteiger partial charge in [0.1, 0.15) is 0 Å². The van der Waals surface area contributed by atoms with Crippen LogP contribution in [0.3, 0.4) is 0 Å². The summed E-state index contributed by atoms with van der Waals surface area (Å²) in [6, 6.07) is 5.86. The molecule has 1 aliphatic heterocycles. The molecule has 1 fully saturated rings. The van der Waals surface area contributed by atoms with E-state index in [0.29, 0.717) is 19.8 Å². The van der Waals surface area contributed by atoms with Crippen LogP contribution in [0.4, 0.5) is 0 Å². The van der Waals surface area contributed by atoms with E-state index in [4.69, 9.17) is 13.7 Å². The maximum absolute atomic E-state index is 5.62. The fourth-order valence-corrected chi connectivity index (χ4v) is 2.20. The van der Waals surface area contributed by atoms with Crippen molar-refractivity contribution in [2.75, 3.05) is 26.1 Å². The largest absolute Gasteiger partial charge is 0.342 e. The molecule has 19 heavy (non-hydrogen) atoms. The third kappa shape index (κ3) is 3.79. The molecule has 0 amide bonds. The molecule has 1 aromatic heterocycles. The van der Waals surface area contributed by atoms with Crippen LogP contribution in [0.1, 0.15) is 25.2 Å². The molecule has 1 saturated heterocycles. The first kappa shape index (κ1) is 14.5. The number of pyridine rings is 1. The fraction of sp³-hybridized carbons (Fsp3) is 0.500. The van der Waals surface area contributed by atoms with Crippen molar-refractivity contribution in [3.05, 3.63) is 35.2 Å². The average Bonchev–Trinajstić information content (AvgIpc) is 2.85. The Morgan fingerprint density at radius 3 is 2.89 bits per heavy atom. The van der Waals surface area contributed by atoms with Crippen LogP contribution in [0, 0.1) is 0 Å². The van der Waals surface area contributed by atoms with Gasteiger partial charge in [-0.2, -0.15) is 0 Å². The summed E-state index contributed by atoms with van der Waals surface area (Å²) in [5, 5.41) is 0. The van der Waals surface area contributed by atoms with Crippen LogP contribution in [-0.4, -0.2) is 31.1 Å². The molecule has 0 bridgehead atoms. The Morgan fingerprint density at radius 2 is 2.21 bits per heavy atom. The first-order valence-electron chi connectivity index (χ1n) is 6.22. The summed E-state index contributed by atoms with van der Waals surface area (Å²) >= 11 is 1.36. The molecular formula is C14H19NO3S. The predicted molar refractivity (Wildman–Crippen MR) is 76.6 cm³/mol. The molecule has 0 unspecified atom stereocenters. The lowest BCUT2D eigenvalue weighted by Gasteiger charge is -2.21. The Kier molecular flexibility index (Phi) is 4.99. The van der Waals surface area contributed by atoms with E-state index in [2.05, 4.69) is 4.98 Å². The zero-order chi connectivity index (χ0) is 13.7. The van der Waals surface area contributed by atoms with Crippen molar-refractivity contribution in [2.45, 2.75) is 19.6 Å². The molecule has 0 saturated carbocycles. The molecule has 0 atom stereocenters. The highest BCUT2D eigenvalue weighted by molar-refractivity contribution is 7.93. The lowest BCUT2D eigenvalue weighted by molar-refractivity contribution is -0.152. The zero-order valence-corrected chi connectivity index (χ0v) is 12.3. The van der Waals surface area contributed by atoms with Crippen molar-refractivity contribution in [1.82, 2.24) is 4.98 Å². The second kappa shape index (κ2) is 6.52. The van der Waals surface area contributed by atoms with Crippen LogP contribution in [0.15, 0.2) is 23.8 Å². The number of hydrogen-bond acceptors (Lipinski definition) is 5. The quantitative estimate of drug-likeness (QED) is 0.776. The number of rotatable bonds is 5. The van der Waals surface area contributed by atoms with Crippen LogP contribution >= 0.6 is 12.0 Å². The van der Waals surface area contributed by atoms with Gasteiger partial charge in [0.25, 0.3) is 0 Å². The first-order valence-corrected chi connectivity index (χ1v) is 7.37. The van der Waals surface area contributed by atoms with Gasteiger partial charge in [-0.1, -0.05) is 6.07 Å². The molecule has 104 valence electrons. The summed E-state index contributed by atoms with van der Waals surface area (Å²) in [6.45, 7) is 5.74. The highest BCUT2D eigenvalue weighted by Gasteiger charge is 2.34. The van der Waals surface area contributed by atoms with Crippen molar-refractivity contribution in [3.8, 4) is 0 Å². The van der Waals surface area contributed by atoms with Crippen molar-refractivity contribution in [3.63, 3.8) is 0 Å². The lowest BCUT2D eigenvalue weighted by atomic mass is 10.1. The lowest BCUT2D eigenvalue weighted by Crippen LogP contribution is -2.24. The third-order valence-corrected chi connectivity index (χ3v) is 3.23. The topological polar surface area (TPSA) is 40.6 Å². The molecule has 0 N–H and O–H groups in total. The summed E-state index contributed by atoms with van der Waals surface area (Å²) < 4.78 is 16.5. The van der Waals surface area contributed by atoms with Gasteiger partial charge in [0.15, 0.2) is 0 Å². The predicted octanol–water partition coefficient (Wildman–Crippen LogP) is 3.00. The number of hydrogen-bond donors (Lipinski definition) is 0. The fourth-order valence-electron chi connectivity index (χ4n) is 1.89. The van der Waals surface area contributed by atoms with E-state index >= 15 is 0 Å². The van der Waals surface area contributed by atoms with E-state index < -0.39 is 5.79 Å². The molecule has 0 radical (unpaired) electrons. The van der Waals surface area contributed by atoms with Gasteiger partial charge in [-0.05, 0) is 49.7 Å². The van der Waals surface area contributed by atoms with Crippen LogP contribution < -0.4 is 0 Å². The summed E-state index contributed by atoms with van der Waals surface area (Å²) in [7, 11) is 0. The SMILES string of the molecule is CSOC/C(C)=C/c1cccc(C2(C)OCCO2)n1. The van der Waals surface area contributed by atoms with E-state index in [1.54, 1.807) is 0 Å². The number of ether oxygens (including phenoxy) is 2. The molecular weight excluding hydrogens is 262 g/mol. The second-order valence-corrected chi connectivity index (χ2v) is 5.08. The van der Waals surface area contributed by atoms with Gasteiger partial charge >= 0.3 is 0 Å². The van der Waals surface area contributed by atoms with E-state index in [-0.39, 0.29) is 0 Å². The Morgan fingerprint density at radius 1 is 1.47 bits per heavy atom. The van der Waals surface area contributed by atoms with Crippen molar-refractivity contribution in [1.29, 1.82) is 0 Å². The van der Waals surface area contributed by atoms with Crippen molar-refractivity contribution in [2.24, 2.45) is 0 Å². The molecule has 4 nitrogen and oxygen atoms in total. The third-order valence-electron chi connectivity index (χ3n) is 2.87. The number of aromatic nitrogens is 1. The smallest absolute Gasteiger partial charge is 0.209 e. The minimum absolute atomic E-state index is 0.595. The molecule has 0 spiro atoms. The van der Waals surface area contributed by atoms with E-state index in [1.807, 2.05) is 44.4 Å². The molecule has 2 heterocycles. The molecule has 2 rings (SSSR count). The highest BCUT2D eigenvalue weighted by atomic mass is 32.2. The van der Waals surface area contributed by atoms with Crippen LogP contribution in [0.5, 0.6) is 0 Å². The van der Waals surface area contributed by atoms with Crippen molar-refractivity contribution >= 4 is 18.1 Å². The maximum Gasteiger partial charge on any atom is 0.209 e. The second-order valence-electron chi connectivity index (χ2n) is 4.51. The summed E-state index contributed by atoms with van der Waals surface area (Å²) in [5.41, 5.74) is 2.81. The zero-order valence-electron chi connectivity index (χ0n) is 11.5. The average molecular weight is 281 g/mol. The monoisotopic (exact) mass is 281 g/mol. The van der Waals surface area contributed by atoms with Gasteiger partial charge in [0.05, 0.1) is 31.2 Å². The summed E-state index contributed by atoms with van der Waals surface area (Å²) in [4.78, 5) is 4.59. The minimum Gasteiger partial charge on any atom is -0.342 e. The molecule has 1 aliphatic rings. The molecule has 5 heteroatoms. The van der Waals surface area contributed by atoms with Crippen molar-refractivity contribution < 1.29 is 13.7 Å². The van der Waals surface area contributed by atoms with Crippen LogP contribution in [0.25, 0.3) is 6.08 Å². The molecule has 0 aromatic carbocycles. The van der Waals surface area contributed by atoms with Gasteiger partial charge < -0.3 is 13.7 Å². The van der Waals surface area contributed by atoms with E-state index in [0.717, 1.165) is 17.0 Å². The van der Waals surface area contributed by atoms with Gasteiger partial charge in [-0.3, -0.25) is 0 Å². The van der Waals surface area contributed by atoms with Crippen LogP contribution in [0.2, 0.25) is 0 Å². The van der Waals surface area contributed by atoms with Gasteiger partial charge in [0, 0.05) is 6.26 Å². The van der Waals surface area contributed by atoms with E-state index in [1.165, 1.54) is 12.0 Å². The Bertz CT molecular complexity index is 456. The number of nitrogens with zero attached hydrogens (tertiary/aromatic N) is 1. The Balaban J connectivity index is 2.15. The summed E-state index contributed by atoms with van der Waals surface area (Å²) in [6.07, 6.45) is 3.92. The van der Waals surface area contributed by atoms with Gasteiger partial charge in [-0.25, -0.2) is 4.98 Å². The molecule has 1 aromatic rings. The highest BCUT2D eigenvalue weighted by Crippen LogP contribution is 2.29. The Labute approximate surface area is 118 Å². The van der Waals surface area contributed by atoms with Gasteiger partial charge in [0.2, 0.25) is 5.79 Å². The first-order chi connectivity index (χ1) is 9.14. The van der Waals surface area contributed by atoms with Gasteiger partial charge in [-0.15, -0.1) is 0 Å². The maximum atomic E-state index is 5.62. The van der Waals surface area contributed by atoms with E-state index in [9.17, 15) is 0 Å².